The molecule has 0 heterocycles. The van der Waals surface area contributed by atoms with Crippen molar-refractivity contribution in [1.29, 1.82) is 0 Å². The van der Waals surface area contributed by atoms with Gasteiger partial charge in [0, 0.05) is 18.6 Å². The Morgan fingerprint density at radius 2 is 1.68 bits per heavy atom. The Bertz CT molecular complexity index is 228. The van der Waals surface area contributed by atoms with Crippen LogP contribution in [-0.2, 0) is 4.79 Å². The van der Waals surface area contributed by atoms with Crippen molar-refractivity contribution in [1.82, 2.24) is 15.5 Å². The predicted molar refractivity (Wildman–Crippen MR) is 82.3 cm³/mol. The van der Waals surface area contributed by atoms with E-state index >= 15 is 0 Å². The number of amides is 1. The van der Waals surface area contributed by atoms with Crippen LogP contribution in [0.25, 0.3) is 0 Å². The number of nitrogens with zero attached hydrogens (tertiary/aromatic N) is 1. The molecule has 0 radical (unpaired) electrons. The molecule has 1 atom stereocenters. The molecule has 0 aromatic rings. The Labute approximate surface area is 119 Å². The number of carbonyl (C=O) groups excluding carboxylic acids is 1. The largest absolute Gasteiger partial charge is 0.352 e. The lowest BCUT2D eigenvalue weighted by atomic mass is 10.0. The minimum atomic E-state index is 0.112. The molecule has 19 heavy (non-hydrogen) atoms. The van der Waals surface area contributed by atoms with Gasteiger partial charge in [0.1, 0.15) is 0 Å². The van der Waals surface area contributed by atoms with Crippen molar-refractivity contribution in [3.8, 4) is 0 Å². The molecular weight excluding hydrogens is 238 g/mol. The molecule has 0 aromatic heterocycles. The zero-order valence-corrected chi connectivity index (χ0v) is 13.6. The van der Waals surface area contributed by atoms with Gasteiger partial charge in [-0.2, -0.15) is 0 Å². The van der Waals surface area contributed by atoms with Crippen LogP contribution in [0, 0.1) is 5.92 Å². The maximum atomic E-state index is 11.9. The van der Waals surface area contributed by atoms with Gasteiger partial charge in [0.25, 0.3) is 0 Å². The molecule has 0 aliphatic rings. The number of nitrogens with one attached hydrogen (secondary N) is 2. The first-order valence-corrected chi connectivity index (χ1v) is 7.56. The third-order valence-electron chi connectivity index (χ3n) is 3.24. The van der Waals surface area contributed by atoms with Gasteiger partial charge in [0.05, 0.1) is 6.54 Å². The average molecular weight is 271 g/mol. The van der Waals surface area contributed by atoms with Crippen LogP contribution in [-0.4, -0.2) is 50.1 Å². The van der Waals surface area contributed by atoms with E-state index in [0.29, 0.717) is 24.5 Å². The van der Waals surface area contributed by atoms with Crippen molar-refractivity contribution < 1.29 is 4.79 Å². The van der Waals surface area contributed by atoms with E-state index in [4.69, 9.17) is 0 Å². The quantitative estimate of drug-likeness (QED) is 0.637. The maximum Gasteiger partial charge on any atom is 0.234 e. The summed E-state index contributed by atoms with van der Waals surface area (Å²) in [5, 5.41) is 6.45. The van der Waals surface area contributed by atoms with E-state index in [0.717, 1.165) is 25.8 Å². The number of hydrogen-bond acceptors (Lipinski definition) is 3. The number of carbonyl (C=O) groups is 1. The second-order valence-corrected chi connectivity index (χ2v) is 6.05. The first kappa shape index (κ1) is 18.4. The normalized spacial score (nSPS) is 13.3. The monoisotopic (exact) mass is 271 g/mol. The second kappa shape index (κ2) is 10.2. The van der Waals surface area contributed by atoms with E-state index in [9.17, 15) is 4.79 Å². The van der Waals surface area contributed by atoms with E-state index in [1.54, 1.807) is 0 Å². The van der Waals surface area contributed by atoms with E-state index in [-0.39, 0.29) is 5.91 Å². The fourth-order valence-corrected chi connectivity index (χ4v) is 2.24. The number of rotatable bonds is 10. The molecule has 4 nitrogen and oxygen atoms in total. The Kier molecular flexibility index (Phi) is 9.88. The fourth-order valence-electron chi connectivity index (χ4n) is 2.24. The number of hydrogen-bond donors (Lipinski definition) is 2. The van der Waals surface area contributed by atoms with Crippen molar-refractivity contribution in [2.75, 3.05) is 27.2 Å². The molecule has 0 aliphatic carbocycles. The molecule has 1 amide bonds. The summed E-state index contributed by atoms with van der Waals surface area (Å²) < 4.78 is 0. The van der Waals surface area contributed by atoms with Gasteiger partial charge < -0.3 is 15.5 Å². The van der Waals surface area contributed by atoms with Gasteiger partial charge in [-0.15, -0.1) is 0 Å². The number of likely N-dealkylation sites (N-methyl/N-ethyl adjacent to an activating group) is 1. The summed E-state index contributed by atoms with van der Waals surface area (Å²) >= 11 is 0. The molecule has 114 valence electrons. The highest BCUT2D eigenvalue weighted by Gasteiger charge is 2.14. The molecule has 0 fully saturated rings. The van der Waals surface area contributed by atoms with Crippen LogP contribution >= 0.6 is 0 Å². The summed E-state index contributed by atoms with van der Waals surface area (Å²) in [6, 6.07) is 0.689. The summed E-state index contributed by atoms with van der Waals surface area (Å²) in [4.78, 5) is 14.0. The van der Waals surface area contributed by atoms with Crippen molar-refractivity contribution >= 4 is 5.91 Å². The van der Waals surface area contributed by atoms with Gasteiger partial charge in [-0.25, -0.2) is 0 Å². The average Bonchev–Trinajstić information content (AvgIpc) is 2.31. The molecule has 0 saturated heterocycles. The lowest BCUT2D eigenvalue weighted by molar-refractivity contribution is -0.121. The van der Waals surface area contributed by atoms with Crippen molar-refractivity contribution in [2.24, 2.45) is 5.92 Å². The van der Waals surface area contributed by atoms with Gasteiger partial charge >= 0.3 is 0 Å². The smallest absolute Gasteiger partial charge is 0.234 e. The molecular formula is C15H33N3O. The van der Waals surface area contributed by atoms with Gasteiger partial charge in [-0.3, -0.25) is 4.79 Å². The van der Waals surface area contributed by atoms with Crippen LogP contribution in [0.4, 0.5) is 0 Å². The fraction of sp³-hybridized carbons (Fsp3) is 0.933. The Morgan fingerprint density at radius 1 is 1.11 bits per heavy atom. The summed E-state index contributed by atoms with van der Waals surface area (Å²) in [6.07, 6.45) is 3.08. The Hall–Kier alpha value is -0.610. The Balaban J connectivity index is 4.11. The molecule has 0 aromatic carbocycles. The highest BCUT2D eigenvalue weighted by Crippen LogP contribution is 2.05. The Morgan fingerprint density at radius 3 is 2.11 bits per heavy atom. The second-order valence-electron chi connectivity index (χ2n) is 6.05. The van der Waals surface area contributed by atoms with Crippen LogP contribution in [0.3, 0.4) is 0 Å². The third kappa shape index (κ3) is 9.91. The molecule has 0 saturated carbocycles. The zero-order chi connectivity index (χ0) is 14.8. The first-order chi connectivity index (χ1) is 8.88. The van der Waals surface area contributed by atoms with E-state index in [1.807, 2.05) is 0 Å². The highest BCUT2D eigenvalue weighted by atomic mass is 16.1. The topological polar surface area (TPSA) is 44.4 Å². The molecule has 0 spiro atoms. The van der Waals surface area contributed by atoms with Crippen LogP contribution in [0.1, 0.15) is 47.0 Å². The van der Waals surface area contributed by atoms with Gasteiger partial charge in [-0.1, -0.05) is 27.7 Å². The molecule has 1 unspecified atom stereocenters. The lowest BCUT2D eigenvalue weighted by Crippen LogP contribution is -2.46. The van der Waals surface area contributed by atoms with Crippen LogP contribution in [0.5, 0.6) is 0 Å². The van der Waals surface area contributed by atoms with E-state index < -0.39 is 0 Å². The van der Waals surface area contributed by atoms with Crippen molar-refractivity contribution in [3.05, 3.63) is 0 Å². The van der Waals surface area contributed by atoms with Crippen molar-refractivity contribution in [3.63, 3.8) is 0 Å². The highest BCUT2D eigenvalue weighted by molar-refractivity contribution is 5.78. The summed E-state index contributed by atoms with van der Waals surface area (Å²) in [5.74, 6) is 0.751. The molecule has 0 bridgehead atoms. The summed E-state index contributed by atoms with van der Waals surface area (Å²) in [5.41, 5.74) is 0. The van der Waals surface area contributed by atoms with Crippen molar-refractivity contribution in [2.45, 2.75) is 59.0 Å². The minimum Gasteiger partial charge on any atom is -0.352 e. The van der Waals surface area contributed by atoms with E-state index in [1.165, 1.54) is 0 Å². The maximum absolute atomic E-state index is 11.9. The van der Waals surface area contributed by atoms with Crippen LogP contribution in [0.2, 0.25) is 0 Å². The third-order valence-corrected chi connectivity index (χ3v) is 3.24. The standard InChI is InChI=1S/C15H33N3O/c1-7-13(8-2)17-15(19)10-16-14(9-12(3)4)11-18(5)6/h12-14,16H,7-11H2,1-6H3,(H,17,19). The first-order valence-electron chi connectivity index (χ1n) is 7.56. The minimum absolute atomic E-state index is 0.112. The lowest BCUT2D eigenvalue weighted by Gasteiger charge is -2.24. The van der Waals surface area contributed by atoms with Crippen LogP contribution in [0.15, 0.2) is 0 Å². The molecule has 0 rings (SSSR count). The molecule has 4 heteroatoms. The molecule has 2 N–H and O–H groups in total. The zero-order valence-electron chi connectivity index (χ0n) is 13.6. The van der Waals surface area contributed by atoms with E-state index in [2.05, 4.69) is 57.3 Å². The van der Waals surface area contributed by atoms with Crippen LogP contribution < -0.4 is 10.6 Å². The van der Waals surface area contributed by atoms with Gasteiger partial charge in [0.2, 0.25) is 5.91 Å². The predicted octanol–water partition coefficient (Wildman–Crippen LogP) is 1.86. The van der Waals surface area contributed by atoms with Gasteiger partial charge in [0.15, 0.2) is 0 Å². The van der Waals surface area contributed by atoms with Gasteiger partial charge in [-0.05, 0) is 39.3 Å². The summed E-state index contributed by atoms with van der Waals surface area (Å²) in [6.45, 7) is 10.0. The SMILES string of the molecule is CCC(CC)NC(=O)CNC(CC(C)C)CN(C)C. The summed E-state index contributed by atoms with van der Waals surface area (Å²) in [7, 11) is 4.14. The molecule has 0 aliphatic heterocycles.